The van der Waals surface area contributed by atoms with Crippen molar-refractivity contribution >= 4 is 11.9 Å². The normalized spacial score (nSPS) is 16.9. The first-order valence-corrected chi connectivity index (χ1v) is 7.57. The maximum Gasteiger partial charge on any atom is 0.387 e. The van der Waals surface area contributed by atoms with Gasteiger partial charge in [-0.2, -0.15) is 8.78 Å². The highest BCUT2D eigenvalue weighted by atomic mass is 19.3. The first-order chi connectivity index (χ1) is 11.3. The highest BCUT2D eigenvalue weighted by Crippen LogP contribution is 2.23. The van der Waals surface area contributed by atoms with Gasteiger partial charge in [-0.25, -0.2) is 4.79 Å². The van der Waals surface area contributed by atoms with Crippen LogP contribution in [0.15, 0.2) is 24.3 Å². The van der Waals surface area contributed by atoms with Gasteiger partial charge in [0, 0.05) is 32.4 Å². The Kier molecular flexibility index (Phi) is 5.71. The maximum absolute atomic E-state index is 12.1. The molecule has 1 aliphatic rings. The molecule has 1 aromatic carbocycles. The average Bonchev–Trinajstić information content (AvgIpc) is 2.54. The molecule has 2 rings (SSSR count). The summed E-state index contributed by atoms with van der Waals surface area (Å²) in [5.41, 5.74) is -0.943. The zero-order chi connectivity index (χ0) is 17.7. The summed E-state index contributed by atoms with van der Waals surface area (Å²) in [6.07, 6.45) is 0.676. The number of aliphatic carboxylic acids is 1. The average molecular weight is 343 g/mol. The summed E-state index contributed by atoms with van der Waals surface area (Å²) in [7, 11) is 0. The number of aryl methyl sites for hydroxylation is 1. The molecule has 0 radical (unpaired) electrons. The zero-order valence-corrected chi connectivity index (χ0v) is 13.0. The largest absolute Gasteiger partial charge is 0.479 e. The van der Waals surface area contributed by atoms with Crippen molar-refractivity contribution < 1.29 is 33.3 Å². The van der Waals surface area contributed by atoms with Crippen LogP contribution in [-0.4, -0.2) is 52.3 Å². The van der Waals surface area contributed by atoms with E-state index >= 15 is 0 Å². The van der Waals surface area contributed by atoms with Crippen LogP contribution in [0.2, 0.25) is 0 Å². The number of halogens is 2. The number of benzene rings is 1. The van der Waals surface area contributed by atoms with E-state index in [4.69, 9.17) is 5.11 Å². The summed E-state index contributed by atoms with van der Waals surface area (Å²) < 4.78 is 28.4. The lowest BCUT2D eigenvalue weighted by Crippen LogP contribution is -2.50. The molecule has 8 heteroatoms. The van der Waals surface area contributed by atoms with Gasteiger partial charge < -0.3 is 19.8 Å². The van der Waals surface area contributed by atoms with Crippen molar-refractivity contribution in [2.75, 3.05) is 13.1 Å². The van der Waals surface area contributed by atoms with Crippen molar-refractivity contribution in [3.63, 3.8) is 0 Å². The number of hydrogen-bond donors (Lipinski definition) is 2. The van der Waals surface area contributed by atoms with Gasteiger partial charge in [-0.1, -0.05) is 12.1 Å². The Morgan fingerprint density at radius 1 is 1.21 bits per heavy atom. The summed E-state index contributed by atoms with van der Waals surface area (Å²) in [5, 5.41) is 18.8. The molecular weight excluding hydrogens is 324 g/mol. The van der Waals surface area contributed by atoms with E-state index in [0.29, 0.717) is 6.42 Å². The number of carboxylic acid groups (broad SMARTS) is 1. The quantitative estimate of drug-likeness (QED) is 0.820. The van der Waals surface area contributed by atoms with E-state index in [2.05, 4.69) is 4.74 Å². The Morgan fingerprint density at radius 3 is 2.29 bits per heavy atom. The van der Waals surface area contributed by atoms with Crippen LogP contribution in [-0.2, 0) is 16.0 Å². The van der Waals surface area contributed by atoms with Crippen LogP contribution in [0.3, 0.4) is 0 Å². The fourth-order valence-corrected chi connectivity index (χ4v) is 2.59. The van der Waals surface area contributed by atoms with E-state index in [-0.39, 0.29) is 44.0 Å². The molecule has 1 amide bonds. The first-order valence-electron chi connectivity index (χ1n) is 7.57. The summed E-state index contributed by atoms with van der Waals surface area (Å²) in [5.74, 6) is -1.33. The molecule has 0 aromatic heterocycles. The molecule has 1 saturated heterocycles. The molecule has 0 unspecified atom stereocenters. The SMILES string of the molecule is O=C(CCc1ccc(OC(F)F)cc1)N1CCC(O)(C(=O)O)CC1. The number of hydrogen-bond acceptors (Lipinski definition) is 4. The van der Waals surface area contributed by atoms with Gasteiger partial charge in [0.05, 0.1) is 0 Å². The molecule has 0 atom stereocenters. The number of piperidine rings is 1. The third kappa shape index (κ3) is 4.64. The van der Waals surface area contributed by atoms with Gasteiger partial charge in [0.15, 0.2) is 5.60 Å². The molecule has 6 nitrogen and oxygen atoms in total. The first kappa shape index (κ1) is 18.1. The van der Waals surface area contributed by atoms with Crippen molar-refractivity contribution in [2.45, 2.75) is 37.9 Å². The molecule has 0 aliphatic carbocycles. The molecule has 0 bridgehead atoms. The molecule has 0 spiro atoms. The number of nitrogens with zero attached hydrogens (tertiary/aromatic N) is 1. The maximum atomic E-state index is 12.1. The van der Waals surface area contributed by atoms with E-state index in [1.165, 1.54) is 17.0 Å². The number of rotatable bonds is 6. The topological polar surface area (TPSA) is 87.1 Å². The van der Waals surface area contributed by atoms with Gasteiger partial charge in [-0.05, 0) is 24.1 Å². The predicted octanol–water partition coefficient (Wildman–Crippen LogP) is 1.66. The lowest BCUT2D eigenvalue weighted by atomic mass is 9.91. The molecule has 1 heterocycles. The van der Waals surface area contributed by atoms with Crippen molar-refractivity contribution in [3.05, 3.63) is 29.8 Å². The van der Waals surface area contributed by atoms with Crippen LogP contribution in [0.25, 0.3) is 0 Å². The Labute approximate surface area is 137 Å². The number of amides is 1. The standard InChI is InChI=1S/C16H19F2NO5/c17-15(18)24-12-4-1-11(2-5-12)3-6-13(20)19-9-7-16(23,8-10-19)14(21)22/h1-2,4-5,15,23H,3,6-10H2,(H,21,22). The van der Waals surface area contributed by atoms with Crippen LogP contribution in [0.1, 0.15) is 24.8 Å². The van der Waals surface area contributed by atoms with Gasteiger partial charge >= 0.3 is 12.6 Å². The molecule has 2 N–H and O–H groups in total. The van der Waals surface area contributed by atoms with Gasteiger partial charge in [-0.15, -0.1) is 0 Å². The van der Waals surface area contributed by atoms with Crippen LogP contribution >= 0.6 is 0 Å². The van der Waals surface area contributed by atoms with E-state index in [9.17, 15) is 23.5 Å². The van der Waals surface area contributed by atoms with E-state index in [1.54, 1.807) is 12.1 Å². The number of aliphatic hydroxyl groups is 1. The Morgan fingerprint density at radius 2 is 1.79 bits per heavy atom. The Balaban J connectivity index is 1.80. The summed E-state index contributed by atoms with van der Waals surface area (Å²) in [6, 6.07) is 6.06. The lowest BCUT2D eigenvalue weighted by Gasteiger charge is -2.35. The second-order valence-electron chi connectivity index (χ2n) is 5.74. The molecule has 132 valence electrons. The Hall–Kier alpha value is -2.22. The number of carbonyl (C=O) groups excluding carboxylic acids is 1. The molecule has 1 fully saturated rings. The van der Waals surface area contributed by atoms with Crippen molar-refractivity contribution in [1.82, 2.24) is 4.90 Å². The fraction of sp³-hybridized carbons (Fsp3) is 0.500. The fourth-order valence-electron chi connectivity index (χ4n) is 2.59. The smallest absolute Gasteiger partial charge is 0.387 e. The molecule has 24 heavy (non-hydrogen) atoms. The van der Waals surface area contributed by atoms with Gasteiger partial charge in [0.1, 0.15) is 5.75 Å². The number of alkyl halides is 2. The van der Waals surface area contributed by atoms with Crippen LogP contribution in [0, 0.1) is 0 Å². The van der Waals surface area contributed by atoms with Gasteiger partial charge in [0.25, 0.3) is 0 Å². The van der Waals surface area contributed by atoms with Gasteiger partial charge in [-0.3, -0.25) is 4.79 Å². The minimum atomic E-state index is -2.87. The van der Waals surface area contributed by atoms with Crippen LogP contribution < -0.4 is 4.74 Å². The molecule has 1 aliphatic heterocycles. The lowest BCUT2D eigenvalue weighted by molar-refractivity contribution is -0.165. The van der Waals surface area contributed by atoms with Crippen LogP contribution in [0.5, 0.6) is 5.75 Å². The molecular formula is C16H19F2NO5. The van der Waals surface area contributed by atoms with E-state index in [0.717, 1.165) is 5.56 Å². The highest BCUT2D eigenvalue weighted by Gasteiger charge is 2.40. The van der Waals surface area contributed by atoms with Crippen molar-refractivity contribution in [2.24, 2.45) is 0 Å². The summed E-state index contributed by atoms with van der Waals surface area (Å²) in [6.45, 7) is -2.48. The highest BCUT2D eigenvalue weighted by molar-refractivity contribution is 5.79. The third-order valence-corrected chi connectivity index (χ3v) is 4.12. The number of carboxylic acids is 1. The predicted molar refractivity (Wildman–Crippen MR) is 79.8 cm³/mol. The summed E-state index contributed by atoms with van der Waals surface area (Å²) >= 11 is 0. The van der Waals surface area contributed by atoms with Crippen molar-refractivity contribution in [1.29, 1.82) is 0 Å². The van der Waals surface area contributed by atoms with Crippen LogP contribution in [0.4, 0.5) is 8.78 Å². The second-order valence-corrected chi connectivity index (χ2v) is 5.74. The Bertz CT molecular complexity index is 583. The minimum absolute atomic E-state index is 0.00768. The second kappa shape index (κ2) is 7.57. The minimum Gasteiger partial charge on any atom is -0.479 e. The number of ether oxygens (including phenoxy) is 1. The van der Waals surface area contributed by atoms with Crippen molar-refractivity contribution in [3.8, 4) is 5.75 Å². The van der Waals surface area contributed by atoms with Gasteiger partial charge in [0.2, 0.25) is 5.91 Å². The zero-order valence-electron chi connectivity index (χ0n) is 13.0. The van der Waals surface area contributed by atoms with E-state index in [1.807, 2.05) is 0 Å². The third-order valence-electron chi connectivity index (χ3n) is 4.12. The monoisotopic (exact) mass is 343 g/mol. The molecule has 1 aromatic rings. The number of likely N-dealkylation sites (tertiary alicyclic amines) is 1. The summed E-state index contributed by atoms with van der Waals surface area (Å²) in [4.78, 5) is 24.6. The number of carbonyl (C=O) groups is 2. The van der Waals surface area contributed by atoms with E-state index < -0.39 is 18.2 Å². The molecule has 0 saturated carbocycles.